The molecule has 12 atom stereocenters. The van der Waals surface area contributed by atoms with Crippen molar-refractivity contribution in [1.82, 2.24) is 52.4 Å². The first-order valence-electron chi connectivity index (χ1n) is 26.6. The van der Waals surface area contributed by atoms with Gasteiger partial charge in [0.15, 0.2) is 5.96 Å². The number of primary amides is 1. The number of fused-ring (bicyclic) bond motifs is 1. The van der Waals surface area contributed by atoms with Gasteiger partial charge in [0.05, 0.1) is 31.8 Å². The number of aliphatic imine (C=N–C) groups is 1. The van der Waals surface area contributed by atoms with Gasteiger partial charge < -0.3 is 95.8 Å². The average Bonchev–Trinajstić information content (AvgIpc) is 4.17. The van der Waals surface area contributed by atoms with Crippen molar-refractivity contribution in [3.63, 3.8) is 0 Å². The Labute approximate surface area is 467 Å². The number of hydrogen-bond acceptors (Lipinski definition) is 16. The van der Waals surface area contributed by atoms with Gasteiger partial charge in [-0.2, -0.15) is 0 Å². The third-order valence-electron chi connectivity index (χ3n) is 13.4. The van der Waals surface area contributed by atoms with Crippen LogP contribution < -0.4 is 65.5 Å². The standard InChI is InChI=1S/C51H81N15O15/c1-7-25(4)39(47(77)61-34(50(80)81)18-24(2)3)64-45(75)36(23-68)63-48(78)40(27(6)69)65-46(76)37-15-11-17-66(37)49(79)33(19-28-21-57-30-13-9-8-12-29(28)30)60-42(72)31(14-10-16-56-51(54)55)58-44(74)35(22-67)62-43(73)32(20-38(53)70)59-41(71)26(5)52/h8-9,12-13,21,24-27,31-37,39-40,57,67-69H,7,10-11,14-20,22-23,52H2,1-6H3,(H2,53,70)(H,58,74)(H,59,71)(H,60,72)(H,61,77)(H,62,73)(H,63,78)(H,64,75)(H,65,76)(H,80,81)(H4,54,55,56)/t25-,26-,27+,31-,32-,33-,34-,35-,36-,37-,39-,40-/m0/s1. The highest BCUT2D eigenvalue weighted by Gasteiger charge is 2.42. The van der Waals surface area contributed by atoms with Crippen LogP contribution in [0.3, 0.4) is 0 Å². The molecule has 3 rings (SSSR count). The van der Waals surface area contributed by atoms with Gasteiger partial charge in [0.2, 0.25) is 59.1 Å². The fourth-order valence-electron chi connectivity index (χ4n) is 8.74. The number of rotatable bonds is 33. The van der Waals surface area contributed by atoms with Crippen molar-refractivity contribution in [3.05, 3.63) is 36.0 Å². The summed E-state index contributed by atoms with van der Waals surface area (Å²) in [6, 6.07) is -7.89. The molecule has 1 fully saturated rings. The van der Waals surface area contributed by atoms with E-state index in [1.165, 1.54) is 11.8 Å². The zero-order valence-corrected chi connectivity index (χ0v) is 46.4. The summed E-state index contributed by atoms with van der Waals surface area (Å²) >= 11 is 0. The van der Waals surface area contributed by atoms with E-state index in [-0.39, 0.29) is 63.5 Å². The molecular weight excluding hydrogens is 1060 g/mol. The van der Waals surface area contributed by atoms with Crippen LogP contribution in [0.15, 0.2) is 35.5 Å². The maximum atomic E-state index is 14.9. The van der Waals surface area contributed by atoms with Crippen molar-refractivity contribution in [2.75, 3.05) is 26.3 Å². The number of guanidine groups is 1. The van der Waals surface area contributed by atoms with E-state index >= 15 is 0 Å². The molecule has 0 unspecified atom stereocenters. The number of benzene rings is 1. The lowest BCUT2D eigenvalue weighted by atomic mass is 9.96. The fraction of sp³-hybridized carbons (Fsp3) is 0.608. The molecule has 2 heterocycles. The summed E-state index contributed by atoms with van der Waals surface area (Å²) < 4.78 is 0. The second-order valence-corrected chi connectivity index (χ2v) is 20.5. The number of aliphatic hydroxyl groups is 3. The summed E-state index contributed by atoms with van der Waals surface area (Å²) in [4.78, 5) is 156. The molecule has 21 N–H and O–H groups in total. The van der Waals surface area contributed by atoms with Crippen molar-refractivity contribution in [3.8, 4) is 0 Å². The van der Waals surface area contributed by atoms with E-state index in [1.807, 2.05) is 0 Å². The number of carbonyl (C=O) groups excluding carboxylic acids is 10. The van der Waals surface area contributed by atoms with Crippen LogP contribution in [0.4, 0.5) is 0 Å². The Kier molecular flexibility index (Phi) is 26.9. The van der Waals surface area contributed by atoms with Gasteiger partial charge in [0, 0.05) is 36.6 Å². The van der Waals surface area contributed by atoms with Gasteiger partial charge in [-0.15, -0.1) is 0 Å². The van der Waals surface area contributed by atoms with Crippen LogP contribution in [0, 0.1) is 11.8 Å². The molecule has 1 aliphatic heterocycles. The molecule has 1 aliphatic rings. The molecule has 10 amide bonds. The number of aromatic nitrogens is 1. The molecule has 0 radical (unpaired) electrons. The Hall–Kier alpha value is -7.96. The first-order chi connectivity index (χ1) is 38.1. The molecule has 30 heteroatoms. The number of likely N-dealkylation sites (tertiary alicyclic amines) is 1. The molecule has 0 aliphatic carbocycles. The van der Waals surface area contributed by atoms with Crippen molar-refractivity contribution >= 4 is 81.9 Å². The van der Waals surface area contributed by atoms with Gasteiger partial charge in [0.1, 0.15) is 54.4 Å². The third kappa shape index (κ3) is 20.6. The molecule has 30 nitrogen and oxygen atoms in total. The molecule has 2 aromatic rings. The van der Waals surface area contributed by atoms with Crippen LogP contribution in [-0.2, 0) is 59.2 Å². The van der Waals surface area contributed by atoms with E-state index in [0.29, 0.717) is 22.9 Å². The van der Waals surface area contributed by atoms with Crippen LogP contribution in [0.1, 0.15) is 92.1 Å². The van der Waals surface area contributed by atoms with E-state index < -0.39 is 157 Å². The maximum Gasteiger partial charge on any atom is 0.326 e. The lowest BCUT2D eigenvalue weighted by Gasteiger charge is -2.31. The van der Waals surface area contributed by atoms with Gasteiger partial charge in [-0.1, -0.05) is 52.3 Å². The Bertz CT molecular complexity index is 2570. The smallest absolute Gasteiger partial charge is 0.326 e. The monoisotopic (exact) mass is 1140 g/mol. The summed E-state index contributed by atoms with van der Waals surface area (Å²) in [5.74, 6) is -12.0. The summed E-state index contributed by atoms with van der Waals surface area (Å²) in [7, 11) is 0. The van der Waals surface area contributed by atoms with E-state index in [0.717, 1.165) is 6.92 Å². The zero-order valence-electron chi connectivity index (χ0n) is 46.4. The molecule has 0 bridgehead atoms. The number of carboxylic acids is 1. The SMILES string of the molecule is CC[C@H](C)[C@H](NC(=O)[C@H](CO)NC(=O)[C@@H](NC(=O)[C@@H]1CCCN1C(=O)[C@H](Cc1c[nH]c2ccccc12)NC(=O)[C@H](CCCN=C(N)N)NC(=O)[C@H](CO)NC(=O)[C@H](CC(N)=O)NC(=O)[C@H](C)N)[C@@H](C)O)C(=O)N[C@@H](CC(C)C)C(=O)O. The van der Waals surface area contributed by atoms with Crippen molar-refractivity contribution < 1.29 is 73.2 Å². The van der Waals surface area contributed by atoms with Crippen molar-refractivity contribution in [1.29, 1.82) is 0 Å². The number of H-pyrrole nitrogens is 1. The van der Waals surface area contributed by atoms with Gasteiger partial charge >= 0.3 is 5.97 Å². The van der Waals surface area contributed by atoms with Crippen LogP contribution in [0.2, 0.25) is 0 Å². The van der Waals surface area contributed by atoms with Gasteiger partial charge in [0.25, 0.3) is 0 Å². The molecule has 450 valence electrons. The van der Waals surface area contributed by atoms with Crippen molar-refractivity contribution in [2.24, 2.45) is 39.8 Å². The predicted molar refractivity (Wildman–Crippen MR) is 292 cm³/mol. The molecular formula is C51H81N15O15. The van der Waals surface area contributed by atoms with Gasteiger partial charge in [-0.05, 0) is 69.4 Å². The minimum absolute atomic E-state index is 0.0348. The highest BCUT2D eigenvalue weighted by molar-refractivity contribution is 6.00. The minimum atomic E-state index is -1.79. The number of nitrogens with zero attached hydrogens (tertiary/aromatic N) is 2. The average molecular weight is 1140 g/mol. The minimum Gasteiger partial charge on any atom is -0.480 e. The number of carboxylic acid groups (broad SMARTS) is 1. The molecule has 0 spiro atoms. The summed E-state index contributed by atoms with van der Waals surface area (Å²) in [6.45, 7) is 7.22. The van der Waals surface area contributed by atoms with Crippen LogP contribution in [0.5, 0.6) is 0 Å². The topological polar surface area (TPSA) is 500 Å². The van der Waals surface area contributed by atoms with E-state index in [1.54, 1.807) is 58.2 Å². The highest BCUT2D eigenvalue weighted by Crippen LogP contribution is 2.24. The normalized spacial score (nSPS) is 17.2. The lowest BCUT2D eigenvalue weighted by molar-refractivity contribution is -0.143. The first-order valence-corrected chi connectivity index (χ1v) is 26.6. The lowest BCUT2D eigenvalue weighted by Crippen LogP contribution is -2.62. The molecule has 1 aromatic heterocycles. The van der Waals surface area contributed by atoms with Crippen LogP contribution >= 0.6 is 0 Å². The largest absolute Gasteiger partial charge is 0.480 e. The second kappa shape index (κ2) is 32.3. The molecule has 1 saturated heterocycles. The molecule has 1 aromatic carbocycles. The number of carbonyl (C=O) groups is 11. The number of nitrogens with one attached hydrogen (secondary N) is 9. The van der Waals surface area contributed by atoms with Gasteiger partial charge in [-0.25, -0.2) is 4.79 Å². The summed E-state index contributed by atoms with van der Waals surface area (Å²) in [5.41, 5.74) is 23.1. The number of amides is 10. The second-order valence-electron chi connectivity index (χ2n) is 20.5. The Morgan fingerprint density at radius 2 is 1.25 bits per heavy atom. The van der Waals surface area contributed by atoms with E-state index in [4.69, 9.17) is 22.9 Å². The number of aliphatic hydroxyl groups excluding tert-OH is 3. The summed E-state index contributed by atoms with van der Waals surface area (Å²) in [6.07, 6.45) is -0.353. The third-order valence-corrected chi connectivity index (χ3v) is 13.4. The number of aliphatic carboxylic acids is 1. The quantitative estimate of drug-likeness (QED) is 0.0180. The maximum absolute atomic E-state index is 14.9. The molecule has 0 saturated carbocycles. The Morgan fingerprint density at radius 1 is 0.704 bits per heavy atom. The first kappa shape index (κ1) is 67.3. The number of para-hydroxylation sites is 1. The summed E-state index contributed by atoms with van der Waals surface area (Å²) in [5, 5.41) is 61.0. The van der Waals surface area contributed by atoms with E-state index in [9.17, 15) is 73.2 Å². The predicted octanol–water partition coefficient (Wildman–Crippen LogP) is -5.60. The fourth-order valence-corrected chi connectivity index (χ4v) is 8.74. The molecule has 81 heavy (non-hydrogen) atoms. The van der Waals surface area contributed by atoms with E-state index in [2.05, 4.69) is 52.5 Å². The van der Waals surface area contributed by atoms with Gasteiger partial charge in [-0.3, -0.25) is 52.9 Å². The van der Waals surface area contributed by atoms with Crippen LogP contribution in [0.25, 0.3) is 10.9 Å². The number of hydrogen-bond donors (Lipinski definition) is 17. The van der Waals surface area contributed by atoms with Crippen LogP contribution in [-0.4, -0.2) is 194 Å². The highest BCUT2D eigenvalue weighted by atomic mass is 16.4. The Morgan fingerprint density at radius 3 is 1.81 bits per heavy atom. The zero-order chi connectivity index (χ0) is 60.8. The van der Waals surface area contributed by atoms with Crippen molar-refractivity contribution in [2.45, 2.75) is 159 Å². The number of nitrogens with two attached hydrogens (primary N) is 4. The Balaban J connectivity index is 1.93. The number of aromatic amines is 1.